The van der Waals surface area contributed by atoms with Crippen molar-refractivity contribution in [3.05, 3.63) is 12.2 Å². The Bertz CT molecular complexity index is 401. The Morgan fingerprint density at radius 2 is 1.33 bits per heavy atom. The zero-order valence-corrected chi connectivity index (χ0v) is 19.4. The molecule has 0 aliphatic carbocycles. The first-order valence-corrected chi connectivity index (χ1v) is 12.6. The summed E-state index contributed by atoms with van der Waals surface area (Å²) in [6, 6.07) is 0. The van der Waals surface area contributed by atoms with E-state index in [1.165, 1.54) is 83.5 Å². The summed E-state index contributed by atoms with van der Waals surface area (Å²) < 4.78 is 10.9. The van der Waals surface area contributed by atoms with Gasteiger partial charge in [-0.25, -0.2) is 0 Å². The first-order valence-electron chi connectivity index (χ1n) is 12.6. The van der Waals surface area contributed by atoms with E-state index >= 15 is 0 Å². The van der Waals surface area contributed by atoms with Crippen molar-refractivity contribution in [1.82, 2.24) is 0 Å². The fourth-order valence-corrected chi connectivity index (χ4v) is 3.96. The molecule has 0 radical (unpaired) electrons. The maximum absolute atomic E-state index is 10.1. The van der Waals surface area contributed by atoms with Crippen LogP contribution >= 0.6 is 0 Å². The van der Waals surface area contributed by atoms with Gasteiger partial charge in [0.15, 0.2) is 0 Å². The number of hydrogen-bond donors (Lipinski definition) is 3. The number of rotatable bonds is 19. The molecule has 1 aliphatic heterocycles. The van der Waals surface area contributed by atoms with E-state index in [4.69, 9.17) is 14.6 Å². The predicted molar refractivity (Wildman–Crippen MR) is 123 cm³/mol. The standard InChI is InChI=1S/C25H48O5/c1-2-3-4-5-6-7-8-9-10-11-12-13-14-15-16-17-18-19-29-25-22(27)21-30-23(20-26)24(25)28/h5-6,22-28H,2-4,7-21H2,1H3/b6-5+/t22-,23+,24+,25+/m1/s1. The summed E-state index contributed by atoms with van der Waals surface area (Å²) in [6.07, 6.45) is 20.7. The van der Waals surface area contributed by atoms with Gasteiger partial charge < -0.3 is 24.8 Å². The summed E-state index contributed by atoms with van der Waals surface area (Å²) in [6.45, 7) is 2.62. The lowest BCUT2D eigenvalue weighted by atomic mass is 10.0. The molecule has 3 N–H and O–H groups in total. The molecule has 5 nitrogen and oxygen atoms in total. The third-order valence-corrected chi connectivity index (χ3v) is 5.97. The zero-order valence-electron chi connectivity index (χ0n) is 19.4. The maximum atomic E-state index is 10.1. The molecule has 0 aromatic carbocycles. The van der Waals surface area contributed by atoms with Crippen molar-refractivity contribution in [3.8, 4) is 0 Å². The molecule has 4 atom stereocenters. The summed E-state index contributed by atoms with van der Waals surface area (Å²) >= 11 is 0. The smallest absolute Gasteiger partial charge is 0.114 e. The van der Waals surface area contributed by atoms with Crippen LogP contribution in [0.5, 0.6) is 0 Å². The second kappa shape index (κ2) is 19.2. The van der Waals surface area contributed by atoms with E-state index in [0.29, 0.717) is 6.61 Å². The van der Waals surface area contributed by atoms with E-state index in [-0.39, 0.29) is 13.2 Å². The van der Waals surface area contributed by atoms with Crippen molar-refractivity contribution >= 4 is 0 Å². The van der Waals surface area contributed by atoms with Crippen LogP contribution in [0.3, 0.4) is 0 Å². The summed E-state index contributed by atoms with van der Waals surface area (Å²) in [5.74, 6) is 0. The molecule has 1 fully saturated rings. The molecule has 1 rings (SSSR count). The third kappa shape index (κ3) is 13.1. The summed E-state index contributed by atoms with van der Waals surface area (Å²) in [7, 11) is 0. The number of unbranched alkanes of at least 4 members (excludes halogenated alkanes) is 13. The number of ether oxygens (including phenoxy) is 2. The van der Waals surface area contributed by atoms with Crippen molar-refractivity contribution in [2.45, 2.75) is 128 Å². The molecule has 0 spiro atoms. The van der Waals surface area contributed by atoms with E-state index in [0.717, 1.165) is 12.8 Å². The molecule has 0 bridgehead atoms. The normalized spacial score (nSPS) is 24.7. The number of aliphatic hydroxyl groups is 3. The van der Waals surface area contributed by atoms with E-state index in [1.807, 2.05) is 0 Å². The van der Waals surface area contributed by atoms with Crippen molar-refractivity contribution in [3.63, 3.8) is 0 Å². The predicted octanol–water partition coefficient (Wildman–Crippen LogP) is 4.91. The molecule has 1 heterocycles. The average molecular weight is 429 g/mol. The largest absolute Gasteiger partial charge is 0.394 e. The Labute approximate surface area is 184 Å². The first-order chi connectivity index (χ1) is 14.7. The van der Waals surface area contributed by atoms with Crippen molar-refractivity contribution < 1.29 is 24.8 Å². The highest BCUT2D eigenvalue weighted by molar-refractivity contribution is 4.87. The number of hydrogen-bond acceptors (Lipinski definition) is 5. The SMILES string of the molecule is CCCC/C=C/CCCCCCCCCCCCCO[C@@H]1[C@@H](O)[C@H](CO)OC[C@H]1O. The second-order valence-electron chi connectivity index (χ2n) is 8.74. The number of aliphatic hydroxyl groups excluding tert-OH is 3. The minimum atomic E-state index is -0.971. The van der Waals surface area contributed by atoms with Gasteiger partial charge >= 0.3 is 0 Å². The van der Waals surface area contributed by atoms with Gasteiger partial charge in [-0.15, -0.1) is 0 Å². The highest BCUT2D eigenvalue weighted by Crippen LogP contribution is 2.19. The molecule has 0 unspecified atom stereocenters. The molecule has 0 amide bonds. The Kier molecular flexibility index (Phi) is 17.7. The number of allylic oxidation sites excluding steroid dienone is 2. The molecular weight excluding hydrogens is 380 g/mol. The van der Waals surface area contributed by atoms with Crippen LogP contribution in [-0.4, -0.2) is 59.6 Å². The fourth-order valence-electron chi connectivity index (χ4n) is 3.96. The molecule has 0 aromatic heterocycles. The first kappa shape index (κ1) is 27.6. The molecule has 30 heavy (non-hydrogen) atoms. The van der Waals surface area contributed by atoms with Gasteiger partial charge in [-0.1, -0.05) is 89.7 Å². The van der Waals surface area contributed by atoms with Crippen molar-refractivity contribution in [2.75, 3.05) is 19.8 Å². The Hall–Kier alpha value is -0.460. The van der Waals surface area contributed by atoms with Crippen LogP contribution in [-0.2, 0) is 9.47 Å². The van der Waals surface area contributed by atoms with Crippen LogP contribution in [0.2, 0.25) is 0 Å². The van der Waals surface area contributed by atoms with Crippen molar-refractivity contribution in [2.24, 2.45) is 0 Å². The summed E-state index contributed by atoms with van der Waals surface area (Å²) in [5, 5.41) is 29.1. The van der Waals surface area contributed by atoms with Gasteiger partial charge in [0.05, 0.1) is 13.2 Å². The minimum absolute atomic E-state index is 0.100. The molecule has 5 heteroatoms. The summed E-state index contributed by atoms with van der Waals surface area (Å²) in [5.41, 5.74) is 0. The van der Waals surface area contributed by atoms with E-state index in [2.05, 4.69) is 19.1 Å². The molecule has 0 saturated carbocycles. The molecular formula is C25H48O5. The van der Waals surface area contributed by atoms with E-state index in [9.17, 15) is 10.2 Å². The Balaban J connectivity index is 1.83. The van der Waals surface area contributed by atoms with Gasteiger partial charge in [-0.2, -0.15) is 0 Å². The highest BCUT2D eigenvalue weighted by Gasteiger charge is 2.38. The Morgan fingerprint density at radius 3 is 1.90 bits per heavy atom. The fraction of sp³-hybridized carbons (Fsp3) is 0.920. The monoisotopic (exact) mass is 428 g/mol. The van der Waals surface area contributed by atoms with Gasteiger partial charge in [-0.05, 0) is 25.7 Å². The van der Waals surface area contributed by atoms with Crippen LogP contribution in [0.15, 0.2) is 12.2 Å². The lowest BCUT2D eigenvalue weighted by molar-refractivity contribution is -0.210. The van der Waals surface area contributed by atoms with E-state index in [1.54, 1.807) is 0 Å². The van der Waals surface area contributed by atoms with Crippen molar-refractivity contribution in [1.29, 1.82) is 0 Å². The molecule has 178 valence electrons. The minimum Gasteiger partial charge on any atom is -0.394 e. The van der Waals surface area contributed by atoms with Crippen LogP contribution in [0.1, 0.15) is 103 Å². The van der Waals surface area contributed by atoms with Gasteiger partial charge in [0.25, 0.3) is 0 Å². The lowest BCUT2D eigenvalue weighted by Crippen LogP contribution is -2.55. The van der Waals surface area contributed by atoms with Gasteiger partial charge in [0, 0.05) is 6.61 Å². The third-order valence-electron chi connectivity index (χ3n) is 5.97. The molecule has 1 saturated heterocycles. The van der Waals surface area contributed by atoms with Crippen LogP contribution < -0.4 is 0 Å². The lowest BCUT2D eigenvalue weighted by Gasteiger charge is -2.37. The van der Waals surface area contributed by atoms with Crippen LogP contribution in [0.4, 0.5) is 0 Å². The quantitative estimate of drug-likeness (QED) is 0.201. The highest BCUT2D eigenvalue weighted by atomic mass is 16.6. The molecule has 1 aliphatic rings. The zero-order chi connectivity index (χ0) is 21.9. The van der Waals surface area contributed by atoms with E-state index < -0.39 is 24.4 Å². The molecule has 0 aromatic rings. The van der Waals surface area contributed by atoms with Gasteiger partial charge in [0.1, 0.15) is 24.4 Å². The van der Waals surface area contributed by atoms with Crippen LogP contribution in [0, 0.1) is 0 Å². The van der Waals surface area contributed by atoms with Crippen LogP contribution in [0.25, 0.3) is 0 Å². The Morgan fingerprint density at radius 1 is 0.800 bits per heavy atom. The summed E-state index contributed by atoms with van der Waals surface area (Å²) in [4.78, 5) is 0. The average Bonchev–Trinajstić information content (AvgIpc) is 2.75. The van der Waals surface area contributed by atoms with Gasteiger partial charge in [0.2, 0.25) is 0 Å². The maximum Gasteiger partial charge on any atom is 0.114 e. The van der Waals surface area contributed by atoms with Gasteiger partial charge in [-0.3, -0.25) is 0 Å². The second-order valence-corrected chi connectivity index (χ2v) is 8.74. The topological polar surface area (TPSA) is 79.2 Å².